The minimum absolute atomic E-state index is 0.149. The van der Waals surface area contributed by atoms with Crippen molar-refractivity contribution in [3.63, 3.8) is 0 Å². The van der Waals surface area contributed by atoms with Gasteiger partial charge in [-0.1, -0.05) is 28.6 Å². The van der Waals surface area contributed by atoms with Crippen LogP contribution in [0.5, 0.6) is 10.9 Å². The molecule has 0 atom stereocenters. The number of hydrogen-bond acceptors (Lipinski definition) is 5. The zero-order chi connectivity index (χ0) is 14.0. The molecule has 2 N–H and O–H groups in total. The summed E-state index contributed by atoms with van der Waals surface area (Å²) in [7, 11) is 0. The highest BCUT2D eigenvalue weighted by Gasteiger charge is 2.36. The first kappa shape index (κ1) is 13.8. The maximum Gasteiger partial charge on any atom is 0.445 e. The van der Waals surface area contributed by atoms with Crippen LogP contribution in [0.15, 0.2) is 18.2 Å². The van der Waals surface area contributed by atoms with Gasteiger partial charge in [-0.25, -0.2) is 0 Å². The van der Waals surface area contributed by atoms with Crippen molar-refractivity contribution in [2.45, 2.75) is 19.6 Å². The fraction of sp³-hybridized carbons (Fsp3) is 0.273. The summed E-state index contributed by atoms with van der Waals surface area (Å²) in [4.78, 5) is 0. The van der Waals surface area contributed by atoms with Gasteiger partial charge in [0.2, 0.25) is 5.01 Å². The van der Waals surface area contributed by atoms with Crippen LogP contribution >= 0.6 is 11.3 Å². The number of nitrogens with zero attached hydrogens (tertiary/aromatic N) is 2. The van der Waals surface area contributed by atoms with Crippen molar-refractivity contribution in [2.24, 2.45) is 5.73 Å². The number of aryl methyl sites for hydroxylation is 1. The second-order valence-electron chi connectivity index (χ2n) is 3.78. The van der Waals surface area contributed by atoms with E-state index in [4.69, 9.17) is 10.5 Å². The zero-order valence-electron chi connectivity index (χ0n) is 9.86. The zero-order valence-corrected chi connectivity index (χ0v) is 10.7. The van der Waals surface area contributed by atoms with E-state index in [9.17, 15) is 13.2 Å². The number of halogens is 3. The van der Waals surface area contributed by atoms with Crippen LogP contribution in [0.2, 0.25) is 0 Å². The molecule has 2 aromatic rings. The molecule has 1 heterocycles. The smallest absolute Gasteiger partial charge is 0.430 e. The van der Waals surface area contributed by atoms with Gasteiger partial charge in [-0.15, -0.1) is 5.10 Å². The molecule has 0 amide bonds. The topological polar surface area (TPSA) is 61.0 Å². The molecule has 0 saturated heterocycles. The van der Waals surface area contributed by atoms with Crippen LogP contribution in [-0.2, 0) is 12.7 Å². The van der Waals surface area contributed by atoms with Crippen LogP contribution in [0.25, 0.3) is 0 Å². The van der Waals surface area contributed by atoms with Gasteiger partial charge in [0.25, 0.3) is 5.19 Å². The van der Waals surface area contributed by atoms with Crippen molar-refractivity contribution in [3.05, 3.63) is 34.3 Å². The fourth-order valence-corrected chi connectivity index (χ4v) is 1.92. The average molecular weight is 289 g/mol. The summed E-state index contributed by atoms with van der Waals surface area (Å²) in [6, 6.07) is 5.27. The fourth-order valence-electron chi connectivity index (χ4n) is 1.34. The summed E-state index contributed by atoms with van der Waals surface area (Å²) in [5, 5.41) is 5.24. The van der Waals surface area contributed by atoms with Crippen molar-refractivity contribution in [1.29, 1.82) is 0 Å². The van der Waals surface area contributed by atoms with Gasteiger partial charge in [-0.3, -0.25) is 0 Å². The molecular weight excluding hydrogens is 279 g/mol. The standard InChI is InChI=1S/C11H10F3N3OS/c1-6-2-3-7(5-15)4-8(6)18-10-17-16-9(19-10)11(12,13)14/h2-4H,5,15H2,1H3. The molecule has 2 rings (SSSR count). The van der Waals surface area contributed by atoms with Gasteiger partial charge in [0, 0.05) is 6.54 Å². The monoisotopic (exact) mass is 289 g/mol. The molecule has 0 saturated carbocycles. The first-order valence-electron chi connectivity index (χ1n) is 5.28. The maximum atomic E-state index is 12.4. The second kappa shape index (κ2) is 5.14. The van der Waals surface area contributed by atoms with Crippen LogP contribution in [-0.4, -0.2) is 10.2 Å². The van der Waals surface area contributed by atoms with Crippen molar-refractivity contribution in [3.8, 4) is 10.9 Å². The molecule has 0 aliphatic rings. The molecule has 0 spiro atoms. The largest absolute Gasteiger partial charge is 0.445 e. The Bertz CT molecular complexity index is 583. The second-order valence-corrected chi connectivity index (χ2v) is 4.72. The Kier molecular flexibility index (Phi) is 3.72. The van der Waals surface area contributed by atoms with E-state index in [1.54, 1.807) is 19.1 Å². The number of benzene rings is 1. The predicted octanol–water partition coefficient (Wildman–Crippen LogP) is 3.12. The number of nitrogens with two attached hydrogens (primary N) is 1. The lowest BCUT2D eigenvalue weighted by Gasteiger charge is -2.07. The highest BCUT2D eigenvalue weighted by atomic mass is 32.1. The van der Waals surface area contributed by atoms with Crippen molar-refractivity contribution in [2.75, 3.05) is 0 Å². The summed E-state index contributed by atoms with van der Waals surface area (Å²) >= 11 is 0.356. The Morgan fingerprint density at radius 1 is 1.32 bits per heavy atom. The van der Waals surface area contributed by atoms with Gasteiger partial charge >= 0.3 is 6.18 Å². The van der Waals surface area contributed by atoms with E-state index in [0.29, 0.717) is 23.6 Å². The van der Waals surface area contributed by atoms with Gasteiger partial charge in [-0.2, -0.15) is 13.2 Å². The third kappa shape index (κ3) is 3.21. The Labute approximate surface area is 111 Å². The van der Waals surface area contributed by atoms with E-state index in [0.717, 1.165) is 11.1 Å². The third-order valence-electron chi connectivity index (χ3n) is 2.33. The summed E-state index contributed by atoms with van der Waals surface area (Å²) in [6.45, 7) is 2.10. The summed E-state index contributed by atoms with van der Waals surface area (Å²) in [6.07, 6.45) is -4.51. The molecule has 4 nitrogen and oxygen atoms in total. The van der Waals surface area contributed by atoms with Crippen molar-refractivity contribution in [1.82, 2.24) is 10.2 Å². The Morgan fingerprint density at radius 2 is 2.05 bits per heavy atom. The maximum absolute atomic E-state index is 12.4. The van der Waals surface area contributed by atoms with Crippen molar-refractivity contribution < 1.29 is 17.9 Å². The predicted molar refractivity (Wildman–Crippen MR) is 64.1 cm³/mol. The molecule has 8 heteroatoms. The summed E-state index contributed by atoms with van der Waals surface area (Å²) in [5.74, 6) is 0.424. The number of ether oxygens (including phenoxy) is 1. The quantitative estimate of drug-likeness (QED) is 0.943. The normalized spacial score (nSPS) is 11.6. The van der Waals surface area contributed by atoms with Gasteiger partial charge < -0.3 is 10.5 Å². The van der Waals surface area contributed by atoms with E-state index in [-0.39, 0.29) is 5.19 Å². The number of aromatic nitrogens is 2. The van der Waals surface area contributed by atoms with Gasteiger partial charge in [0.15, 0.2) is 0 Å². The van der Waals surface area contributed by atoms with E-state index in [1.165, 1.54) is 0 Å². The molecular formula is C11H10F3N3OS. The summed E-state index contributed by atoms with van der Waals surface area (Å²) < 4.78 is 42.4. The molecule has 1 aromatic carbocycles. The molecule has 0 bridgehead atoms. The van der Waals surface area contributed by atoms with Crippen LogP contribution < -0.4 is 10.5 Å². The molecule has 1 aromatic heterocycles. The Balaban J connectivity index is 2.24. The van der Waals surface area contributed by atoms with Crippen LogP contribution in [0.3, 0.4) is 0 Å². The molecule has 19 heavy (non-hydrogen) atoms. The van der Waals surface area contributed by atoms with E-state index in [2.05, 4.69) is 10.2 Å². The van der Waals surface area contributed by atoms with Crippen LogP contribution in [0.4, 0.5) is 13.2 Å². The first-order valence-corrected chi connectivity index (χ1v) is 6.10. The van der Waals surface area contributed by atoms with E-state index in [1.807, 2.05) is 6.07 Å². The lowest BCUT2D eigenvalue weighted by Crippen LogP contribution is -2.03. The van der Waals surface area contributed by atoms with E-state index >= 15 is 0 Å². The molecule has 0 radical (unpaired) electrons. The van der Waals surface area contributed by atoms with Crippen LogP contribution in [0, 0.1) is 6.92 Å². The van der Waals surface area contributed by atoms with Gasteiger partial charge in [0.05, 0.1) is 0 Å². The minimum atomic E-state index is -4.51. The van der Waals surface area contributed by atoms with Gasteiger partial charge in [0.1, 0.15) is 5.75 Å². The third-order valence-corrected chi connectivity index (χ3v) is 3.18. The Morgan fingerprint density at radius 3 is 2.63 bits per heavy atom. The highest BCUT2D eigenvalue weighted by molar-refractivity contribution is 7.13. The molecule has 102 valence electrons. The highest BCUT2D eigenvalue weighted by Crippen LogP contribution is 2.36. The number of alkyl halides is 3. The molecule has 0 aliphatic carbocycles. The van der Waals surface area contributed by atoms with Gasteiger partial charge in [-0.05, 0) is 24.1 Å². The Hall–Kier alpha value is -1.67. The SMILES string of the molecule is Cc1ccc(CN)cc1Oc1nnc(C(F)(F)F)s1. The van der Waals surface area contributed by atoms with Crippen LogP contribution in [0.1, 0.15) is 16.1 Å². The first-order chi connectivity index (χ1) is 8.90. The number of hydrogen-bond donors (Lipinski definition) is 1. The summed E-state index contributed by atoms with van der Waals surface area (Å²) in [5.41, 5.74) is 7.09. The molecule has 0 unspecified atom stereocenters. The lowest BCUT2D eigenvalue weighted by molar-refractivity contribution is -0.138. The molecule has 0 fully saturated rings. The average Bonchev–Trinajstić information content (AvgIpc) is 2.80. The van der Waals surface area contributed by atoms with Crippen molar-refractivity contribution >= 4 is 11.3 Å². The van der Waals surface area contributed by atoms with E-state index < -0.39 is 11.2 Å². The number of rotatable bonds is 3. The molecule has 0 aliphatic heterocycles. The minimum Gasteiger partial charge on any atom is -0.430 e. The lowest BCUT2D eigenvalue weighted by atomic mass is 10.1.